The van der Waals surface area contributed by atoms with Gasteiger partial charge in [-0.2, -0.15) is 0 Å². The summed E-state index contributed by atoms with van der Waals surface area (Å²) >= 11 is 0. The molecule has 3 heterocycles. The maximum absolute atomic E-state index is 11.1. The number of ether oxygens (including phenoxy) is 1. The van der Waals surface area contributed by atoms with Crippen LogP contribution in [0.2, 0.25) is 0 Å². The number of imidazole rings is 1. The number of anilines is 1. The van der Waals surface area contributed by atoms with E-state index in [1.54, 1.807) is 6.07 Å². The van der Waals surface area contributed by atoms with Gasteiger partial charge in [0.1, 0.15) is 12.3 Å². The maximum atomic E-state index is 11.1. The summed E-state index contributed by atoms with van der Waals surface area (Å²) in [6.45, 7) is 3.24. The summed E-state index contributed by atoms with van der Waals surface area (Å²) < 4.78 is 7.24. The lowest BCUT2D eigenvalue weighted by Crippen LogP contribution is -2.45. The Hall–Kier alpha value is -3.00. The van der Waals surface area contributed by atoms with E-state index in [4.69, 9.17) is 4.74 Å². The molecule has 25 heavy (non-hydrogen) atoms. The lowest BCUT2D eigenvalue weighted by atomic mass is 10.1. The lowest BCUT2D eigenvalue weighted by Gasteiger charge is -2.38. The highest BCUT2D eigenvalue weighted by Gasteiger charge is 2.29. The summed E-state index contributed by atoms with van der Waals surface area (Å²) in [6.07, 6.45) is 1.16. The molecule has 4 rings (SSSR count). The van der Waals surface area contributed by atoms with Crippen LogP contribution in [0.3, 0.4) is 0 Å². The van der Waals surface area contributed by atoms with Crippen LogP contribution in [0.15, 0.2) is 48.7 Å². The molecule has 2 aromatic heterocycles. The molecule has 128 valence electrons. The fourth-order valence-electron chi connectivity index (χ4n) is 3.07. The molecule has 0 bridgehead atoms. The highest BCUT2D eigenvalue weighted by Crippen LogP contribution is 2.28. The smallest absolute Gasteiger partial charge is 0.368 e. The van der Waals surface area contributed by atoms with Gasteiger partial charge in [0.25, 0.3) is 0 Å². The van der Waals surface area contributed by atoms with Crippen molar-refractivity contribution in [1.29, 1.82) is 0 Å². The van der Waals surface area contributed by atoms with E-state index < -0.39 is 4.92 Å². The van der Waals surface area contributed by atoms with Crippen molar-refractivity contribution < 1.29 is 9.66 Å². The first kappa shape index (κ1) is 15.5. The second-order valence-electron chi connectivity index (χ2n) is 6.07. The second-order valence-corrected chi connectivity index (χ2v) is 6.07. The lowest BCUT2D eigenvalue weighted by molar-refractivity contribution is -0.391. The van der Waals surface area contributed by atoms with Crippen LogP contribution in [0, 0.1) is 10.1 Å². The topological polar surface area (TPSA) is 85.8 Å². The zero-order valence-corrected chi connectivity index (χ0v) is 13.6. The van der Waals surface area contributed by atoms with Gasteiger partial charge in [-0.3, -0.25) is 0 Å². The largest absolute Gasteiger partial charge is 0.370 e. The first-order chi connectivity index (χ1) is 12.1. The molecule has 0 spiro atoms. The molecule has 0 unspecified atom stereocenters. The Morgan fingerprint density at radius 2 is 2.04 bits per heavy atom. The molecule has 0 amide bonds. The van der Waals surface area contributed by atoms with E-state index in [9.17, 15) is 10.1 Å². The van der Waals surface area contributed by atoms with Gasteiger partial charge >= 0.3 is 5.82 Å². The fraction of sp³-hybridized carbons (Fsp3) is 0.294. The molecule has 1 aromatic carbocycles. The van der Waals surface area contributed by atoms with E-state index >= 15 is 0 Å². The van der Waals surface area contributed by atoms with Crippen molar-refractivity contribution in [3.8, 4) is 0 Å². The van der Waals surface area contributed by atoms with Crippen molar-refractivity contribution in [2.45, 2.75) is 19.1 Å². The Morgan fingerprint density at radius 3 is 2.80 bits per heavy atom. The highest BCUT2D eigenvalue weighted by molar-refractivity contribution is 5.50. The first-order valence-corrected chi connectivity index (χ1v) is 8.06. The molecule has 0 radical (unpaired) electrons. The van der Waals surface area contributed by atoms with E-state index in [0.717, 1.165) is 5.56 Å². The summed E-state index contributed by atoms with van der Waals surface area (Å²) in [5.74, 6) is 0.530. The number of hydrogen-bond acceptors (Lipinski definition) is 6. The van der Waals surface area contributed by atoms with E-state index in [1.165, 1.54) is 10.7 Å². The molecule has 0 N–H and O–H groups in total. The third-order valence-corrected chi connectivity index (χ3v) is 4.42. The summed E-state index contributed by atoms with van der Waals surface area (Å²) in [4.78, 5) is 16.8. The third-order valence-electron chi connectivity index (χ3n) is 4.42. The molecule has 0 saturated carbocycles. The van der Waals surface area contributed by atoms with Crippen molar-refractivity contribution in [2.24, 2.45) is 0 Å². The van der Waals surface area contributed by atoms with Gasteiger partial charge in [0, 0.05) is 6.07 Å². The van der Waals surface area contributed by atoms with Crippen LogP contribution in [0.25, 0.3) is 5.65 Å². The van der Waals surface area contributed by atoms with Crippen LogP contribution in [0.4, 0.5) is 11.6 Å². The van der Waals surface area contributed by atoms with Crippen molar-refractivity contribution in [1.82, 2.24) is 14.6 Å². The zero-order valence-electron chi connectivity index (χ0n) is 13.6. The number of nitrogens with zero attached hydrogens (tertiary/aromatic N) is 5. The molecular weight excluding hydrogens is 322 g/mol. The standard InChI is InChI=1S/C17H17N5O3/c1-12-11-25-14(13-5-3-2-4-6-13)10-20(12)16-8-7-15-18-9-17(22(23)24)21(15)19-16/h2-9,12,14H,10-11H2,1H3/t12-,14+/m1/s1. The summed E-state index contributed by atoms with van der Waals surface area (Å²) in [6, 6.07) is 13.7. The van der Waals surface area contributed by atoms with Crippen LogP contribution in [-0.4, -0.2) is 38.7 Å². The number of benzene rings is 1. The normalized spacial score (nSPS) is 20.8. The van der Waals surface area contributed by atoms with Crippen molar-refractivity contribution in [3.05, 3.63) is 64.3 Å². The summed E-state index contributed by atoms with van der Waals surface area (Å²) in [7, 11) is 0. The van der Waals surface area contributed by atoms with Crippen LogP contribution in [0.1, 0.15) is 18.6 Å². The number of nitro groups is 1. The Kier molecular flexibility index (Phi) is 3.81. The van der Waals surface area contributed by atoms with Gasteiger partial charge in [-0.25, -0.2) is 4.98 Å². The van der Waals surface area contributed by atoms with Crippen molar-refractivity contribution >= 4 is 17.3 Å². The predicted molar refractivity (Wildman–Crippen MR) is 91.6 cm³/mol. The minimum absolute atomic E-state index is 0.0623. The minimum atomic E-state index is -0.480. The third kappa shape index (κ3) is 2.80. The molecule has 2 atom stereocenters. The van der Waals surface area contributed by atoms with Crippen molar-refractivity contribution in [2.75, 3.05) is 18.1 Å². The molecule has 1 aliphatic heterocycles. The molecule has 1 saturated heterocycles. The number of rotatable bonds is 3. The minimum Gasteiger partial charge on any atom is -0.370 e. The van der Waals surface area contributed by atoms with Crippen molar-refractivity contribution in [3.63, 3.8) is 0 Å². The monoisotopic (exact) mass is 339 g/mol. The fourth-order valence-corrected chi connectivity index (χ4v) is 3.07. The van der Waals surface area contributed by atoms with Gasteiger partial charge in [-0.1, -0.05) is 39.9 Å². The number of hydrogen-bond donors (Lipinski definition) is 0. The van der Waals surface area contributed by atoms with Gasteiger partial charge in [-0.05, 0) is 23.5 Å². The molecular formula is C17H17N5O3. The van der Waals surface area contributed by atoms with Gasteiger partial charge < -0.3 is 19.8 Å². The van der Waals surface area contributed by atoms with E-state index in [2.05, 4.69) is 21.9 Å². The molecule has 3 aromatic rings. The average molecular weight is 339 g/mol. The van der Waals surface area contributed by atoms with Crippen LogP contribution in [-0.2, 0) is 4.74 Å². The molecule has 1 fully saturated rings. The Morgan fingerprint density at radius 1 is 1.24 bits per heavy atom. The van der Waals surface area contributed by atoms with Gasteiger partial charge in [0.15, 0.2) is 5.82 Å². The first-order valence-electron chi connectivity index (χ1n) is 8.06. The molecule has 1 aliphatic rings. The quantitative estimate of drug-likeness (QED) is 0.538. The van der Waals surface area contributed by atoms with Gasteiger partial charge in [-0.15, -0.1) is 0 Å². The van der Waals surface area contributed by atoms with Gasteiger partial charge in [0.2, 0.25) is 5.65 Å². The highest BCUT2D eigenvalue weighted by atomic mass is 16.6. The Bertz CT molecular complexity index is 911. The second kappa shape index (κ2) is 6.14. The molecule has 8 nitrogen and oxygen atoms in total. The van der Waals surface area contributed by atoms with Crippen LogP contribution >= 0.6 is 0 Å². The number of morpholine rings is 1. The van der Waals surface area contributed by atoms with E-state index in [1.807, 2.05) is 36.4 Å². The average Bonchev–Trinajstić information content (AvgIpc) is 3.06. The summed E-state index contributed by atoms with van der Waals surface area (Å²) in [5, 5.41) is 15.6. The Labute approximate surface area is 143 Å². The Balaban J connectivity index is 1.68. The number of fused-ring (bicyclic) bond motifs is 1. The van der Waals surface area contributed by atoms with Crippen LogP contribution in [0.5, 0.6) is 0 Å². The zero-order chi connectivity index (χ0) is 17.4. The number of aromatic nitrogens is 3. The van der Waals surface area contributed by atoms with Crippen LogP contribution < -0.4 is 4.90 Å². The summed E-state index contributed by atoms with van der Waals surface area (Å²) in [5.41, 5.74) is 1.56. The predicted octanol–water partition coefficient (Wildman–Crippen LogP) is 2.60. The molecule has 8 heteroatoms. The van der Waals surface area contributed by atoms with Gasteiger partial charge in [0.05, 0.1) is 19.2 Å². The van der Waals surface area contributed by atoms with E-state index in [0.29, 0.717) is 24.6 Å². The van der Waals surface area contributed by atoms with E-state index in [-0.39, 0.29) is 18.0 Å². The maximum Gasteiger partial charge on any atom is 0.368 e. The SMILES string of the molecule is C[C@@H]1CO[C@H](c2ccccc2)CN1c1ccc2ncc([N+](=O)[O-])n2n1. The molecule has 0 aliphatic carbocycles.